The third kappa shape index (κ3) is 4.61. The number of aryl methyl sites for hydroxylation is 2. The highest BCUT2D eigenvalue weighted by atomic mass is 16.5. The first-order valence-electron chi connectivity index (χ1n) is 11.2. The maximum Gasteiger partial charge on any atom is 0.241 e. The number of piperazine rings is 1. The van der Waals surface area contributed by atoms with Crippen LogP contribution in [-0.4, -0.2) is 56.2 Å². The van der Waals surface area contributed by atoms with Gasteiger partial charge >= 0.3 is 0 Å². The molecule has 33 heavy (non-hydrogen) atoms. The zero-order chi connectivity index (χ0) is 22.8. The van der Waals surface area contributed by atoms with Gasteiger partial charge in [-0.25, -0.2) is 9.97 Å². The van der Waals surface area contributed by atoms with E-state index in [0.717, 1.165) is 54.5 Å². The first-order valence-corrected chi connectivity index (χ1v) is 11.2. The summed E-state index contributed by atoms with van der Waals surface area (Å²) in [5.41, 5.74) is 5.07. The first kappa shape index (κ1) is 21.2. The molecule has 4 heterocycles. The summed E-state index contributed by atoms with van der Waals surface area (Å²) in [6.07, 6.45) is 1.77. The highest BCUT2D eigenvalue weighted by molar-refractivity contribution is 5.57. The van der Waals surface area contributed by atoms with Crippen molar-refractivity contribution in [3.05, 3.63) is 71.4 Å². The Bertz CT molecular complexity index is 1230. The van der Waals surface area contributed by atoms with Gasteiger partial charge in [-0.05, 0) is 32.9 Å². The Morgan fingerprint density at radius 1 is 0.848 bits per heavy atom. The van der Waals surface area contributed by atoms with Crippen LogP contribution in [0.4, 0.5) is 5.82 Å². The molecular formula is C25H27N7O. The zero-order valence-electron chi connectivity index (χ0n) is 19.2. The Hall–Kier alpha value is -3.65. The maximum absolute atomic E-state index is 5.52. The minimum absolute atomic E-state index is 0.637. The molecule has 0 radical (unpaired) electrons. The predicted octanol–water partition coefficient (Wildman–Crippen LogP) is 3.84. The molecule has 1 aliphatic heterocycles. The van der Waals surface area contributed by atoms with Crippen molar-refractivity contribution in [2.24, 2.45) is 0 Å². The smallest absolute Gasteiger partial charge is 0.241 e. The lowest BCUT2D eigenvalue weighted by Crippen LogP contribution is -2.46. The molecule has 1 aromatic carbocycles. The standard InChI is InChI=1S/C25H27N7O/c1-17-7-9-20(10-8-17)23-28-22(33-30-23)16-31-12-14-32(15-13-31)25-18(2)19(3)27-24(29-25)21-6-4-5-11-26-21/h4-11H,12-16H2,1-3H3. The van der Waals surface area contributed by atoms with Gasteiger partial charge in [0.1, 0.15) is 11.5 Å². The third-order valence-electron chi connectivity index (χ3n) is 6.07. The van der Waals surface area contributed by atoms with Gasteiger partial charge in [-0.1, -0.05) is 41.1 Å². The maximum atomic E-state index is 5.52. The molecular weight excluding hydrogens is 414 g/mol. The molecule has 5 rings (SSSR count). The molecule has 0 saturated carbocycles. The van der Waals surface area contributed by atoms with Crippen LogP contribution in [0.15, 0.2) is 53.2 Å². The fourth-order valence-corrected chi connectivity index (χ4v) is 3.98. The van der Waals surface area contributed by atoms with Crippen molar-refractivity contribution in [1.29, 1.82) is 0 Å². The summed E-state index contributed by atoms with van der Waals surface area (Å²) < 4.78 is 5.52. The highest BCUT2D eigenvalue weighted by Crippen LogP contribution is 2.25. The van der Waals surface area contributed by atoms with E-state index in [9.17, 15) is 0 Å². The third-order valence-corrected chi connectivity index (χ3v) is 6.07. The largest absolute Gasteiger partial charge is 0.354 e. The second-order valence-electron chi connectivity index (χ2n) is 8.44. The number of pyridine rings is 1. The fraction of sp³-hybridized carbons (Fsp3) is 0.320. The molecule has 1 fully saturated rings. The van der Waals surface area contributed by atoms with Crippen molar-refractivity contribution in [1.82, 2.24) is 30.0 Å². The van der Waals surface area contributed by atoms with Crippen LogP contribution in [-0.2, 0) is 6.54 Å². The number of hydrogen-bond donors (Lipinski definition) is 0. The van der Waals surface area contributed by atoms with Crippen molar-refractivity contribution in [2.45, 2.75) is 27.3 Å². The molecule has 3 aromatic heterocycles. The molecule has 1 aliphatic rings. The number of hydrogen-bond acceptors (Lipinski definition) is 8. The summed E-state index contributed by atoms with van der Waals surface area (Å²) in [4.78, 5) is 23.2. The Morgan fingerprint density at radius 3 is 2.36 bits per heavy atom. The lowest BCUT2D eigenvalue weighted by Gasteiger charge is -2.35. The van der Waals surface area contributed by atoms with Gasteiger partial charge in [-0.3, -0.25) is 9.88 Å². The molecule has 0 atom stereocenters. The molecule has 0 aliphatic carbocycles. The average Bonchev–Trinajstić information content (AvgIpc) is 3.31. The number of aromatic nitrogens is 5. The monoisotopic (exact) mass is 441 g/mol. The number of nitrogens with zero attached hydrogens (tertiary/aromatic N) is 7. The van der Waals surface area contributed by atoms with Gasteiger partial charge in [0.15, 0.2) is 5.82 Å². The quantitative estimate of drug-likeness (QED) is 0.462. The molecule has 0 amide bonds. The Balaban J connectivity index is 1.25. The minimum atomic E-state index is 0.637. The van der Waals surface area contributed by atoms with Gasteiger partial charge in [-0.15, -0.1) is 0 Å². The van der Waals surface area contributed by atoms with Gasteiger partial charge in [-0.2, -0.15) is 4.98 Å². The normalized spacial score (nSPS) is 14.6. The first-order chi connectivity index (χ1) is 16.1. The highest BCUT2D eigenvalue weighted by Gasteiger charge is 2.23. The Kier molecular flexibility index (Phi) is 5.83. The molecule has 0 N–H and O–H groups in total. The van der Waals surface area contributed by atoms with Gasteiger partial charge in [0.25, 0.3) is 0 Å². The van der Waals surface area contributed by atoms with Crippen molar-refractivity contribution in [3.63, 3.8) is 0 Å². The van der Waals surface area contributed by atoms with E-state index < -0.39 is 0 Å². The summed E-state index contributed by atoms with van der Waals surface area (Å²) in [5.74, 6) is 2.94. The van der Waals surface area contributed by atoms with Crippen LogP contribution < -0.4 is 4.90 Å². The van der Waals surface area contributed by atoms with E-state index in [1.807, 2.05) is 37.3 Å². The van der Waals surface area contributed by atoms with E-state index >= 15 is 0 Å². The van der Waals surface area contributed by atoms with Crippen molar-refractivity contribution in [3.8, 4) is 22.9 Å². The van der Waals surface area contributed by atoms with E-state index in [4.69, 9.17) is 9.51 Å². The van der Waals surface area contributed by atoms with Crippen LogP contribution in [0.1, 0.15) is 22.7 Å². The molecule has 1 saturated heterocycles. The van der Waals surface area contributed by atoms with Crippen LogP contribution in [0.25, 0.3) is 22.9 Å². The SMILES string of the molecule is Cc1ccc(-c2noc(CN3CCN(c4nc(-c5ccccn5)nc(C)c4C)CC3)n2)cc1. The van der Waals surface area contributed by atoms with Gasteiger partial charge < -0.3 is 9.42 Å². The van der Waals surface area contributed by atoms with Crippen LogP contribution in [0, 0.1) is 20.8 Å². The molecule has 4 aromatic rings. The van der Waals surface area contributed by atoms with Crippen molar-refractivity contribution in [2.75, 3.05) is 31.1 Å². The second-order valence-corrected chi connectivity index (χ2v) is 8.44. The number of anilines is 1. The lowest BCUT2D eigenvalue weighted by atomic mass is 10.1. The van der Waals surface area contributed by atoms with Gasteiger partial charge in [0.05, 0.1) is 6.54 Å². The predicted molar refractivity (Wildman–Crippen MR) is 127 cm³/mol. The van der Waals surface area contributed by atoms with Crippen LogP contribution in [0.5, 0.6) is 0 Å². The van der Waals surface area contributed by atoms with E-state index in [1.165, 1.54) is 5.56 Å². The molecule has 168 valence electrons. The van der Waals surface area contributed by atoms with Gasteiger partial charge in [0.2, 0.25) is 11.7 Å². The second kappa shape index (κ2) is 9.07. The zero-order valence-corrected chi connectivity index (χ0v) is 19.2. The summed E-state index contributed by atoms with van der Waals surface area (Å²) in [5, 5.41) is 4.16. The van der Waals surface area contributed by atoms with Crippen LogP contribution in [0.2, 0.25) is 0 Å². The van der Waals surface area contributed by atoms with E-state index in [2.05, 4.69) is 55.9 Å². The van der Waals surface area contributed by atoms with Crippen LogP contribution in [0.3, 0.4) is 0 Å². The van der Waals surface area contributed by atoms with Crippen LogP contribution >= 0.6 is 0 Å². The molecule has 0 spiro atoms. The van der Waals surface area contributed by atoms with Gasteiger partial charge in [0, 0.05) is 49.2 Å². The Morgan fingerprint density at radius 2 is 1.64 bits per heavy atom. The molecule has 8 heteroatoms. The summed E-state index contributed by atoms with van der Waals surface area (Å²) >= 11 is 0. The van der Waals surface area contributed by atoms with E-state index in [0.29, 0.717) is 24.1 Å². The topological polar surface area (TPSA) is 84.1 Å². The lowest BCUT2D eigenvalue weighted by molar-refractivity contribution is 0.215. The fourth-order valence-electron chi connectivity index (χ4n) is 3.98. The minimum Gasteiger partial charge on any atom is -0.354 e. The summed E-state index contributed by atoms with van der Waals surface area (Å²) in [6, 6.07) is 14.0. The van der Waals surface area contributed by atoms with E-state index in [-0.39, 0.29) is 0 Å². The van der Waals surface area contributed by atoms with E-state index in [1.54, 1.807) is 6.20 Å². The van der Waals surface area contributed by atoms with Crippen molar-refractivity contribution >= 4 is 5.82 Å². The summed E-state index contributed by atoms with van der Waals surface area (Å²) in [6.45, 7) is 10.4. The Labute approximate surface area is 193 Å². The molecule has 8 nitrogen and oxygen atoms in total. The number of benzene rings is 1. The molecule has 0 unspecified atom stereocenters. The van der Waals surface area contributed by atoms with Crippen molar-refractivity contribution < 1.29 is 4.52 Å². The molecule has 0 bridgehead atoms. The number of rotatable bonds is 5. The average molecular weight is 442 g/mol. The summed E-state index contributed by atoms with van der Waals surface area (Å²) in [7, 11) is 0.